The van der Waals surface area contributed by atoms with Gasteiger partial charge < -0.3 is 13.9 Å². The minimum Gasteiger partial charge on any atom is -0.490 e. The highest BCUT2D eigenvalue weighted by atomic mass is 79.9. The second-order valence-electron chi connectivity index (χ2n) is 4.48. The van der Waals surface area contributed by atoms with Crippen molar-refractivity contribution in [2.24, 2.45) is 0 Å². The lowest BCUT2D eigenvalue weighted by Crippen LogP contribution is -1.98. The van der Waals surface area contributed by atoms with Gasteiger partial charge in [-0.15, -0.1) is 0 Å². The second-order valence-corrected chi connectivity index (χ2v) is 5.34. The molecule has 108 valence electrons. The average molecular weight is 348 g/mol. The number of nitrogens with zero attached hydrogens (tertiary/aromatic N) is 1. The van der Waals surface area contributed by atoms with E-state index in [1.165, 1.54) is 0 Å². The van der Waals surface area contributed by atoms with Crippen LogP contribution < -0.4 is 9.47 Å². The molecule has 0 fully saturated rings. The van der Waals surface area contributed by atoms with E-state index in [0.29, 0.717) is 24.0 Å². The van der Waals surface area contributed by atoms with Crippen molar-refractivity contribution in [3.63, 3.8) is 0 Å². The van der Waals surface area contributed by atoms with E-state index in [1.54, 1.807) is 18.5 Å². The first-order valence-corrected chi connectivity index (χ1v) is 7.42. The summed E-state index contributed by atoms with van der Waals surface area (Å²) < 4.78 is 18.0. The summed E-state index contributed by atoms with van der Waals surface area (Å²) >= 11 is 3.50. The SMILES string of the molecule is CCOc1c(Oc2nccc3occc23)ccc(Br)c1C. The van der Waals surface area contributed by atoms with Crippen LogP contribution in [0.3, 0.4) is 0 Å². The first kappa shape index (κ1) is 13.9. The topological polar surface area (TPSA) is 44.5 Å². The van der Waals surface area contributed by atoms with Gasteiger partial charge in [0.25, 0.3) is 0 Å². The standard InChI is InChI=1S/C16H14BrNO3/c1-3-19-15-10(2)12(17)4-5-14(15)21-16-11-7-9-20-13(11)6-8-18-16/h4-9H,3H2,1-2H3. The lowest BCUT2D eigenvalue weighted by atomic mass is 10.2. The number of fused-ring (bicyclic) bond motifs is 1. The van der Waals surface area contributed by atoms with Crippen molar-refractivity contribution in [3.05, 3.63) is 46.8 Å². The number of pyridine rings is 1. The number of aromatic nitrogens is 1. The van der Waals surface area contributed by atoms with Gasteiger partial charge in [-0.05, 0) is 38.1 Å². The van der Waals surface area contributed by atoms with Crippen LogP contribution in [0.5, 0.6) is 17.4 Å². The van der Waals surface area contributed by atoms with Crippen molar-refractivity contribution in [1.82, 2.24) is 4.98 Å². The quantitative estimate of drug-likeness (QED) is 0.659. The van der Waals surface area contributed by atoms with E-state index in [1.807, 2.05) is 32.0 Å². The number of hydrogen-bond donors (Lipinski definition) is 0. The molecule has 5 heteroatoms. The molecule has 0 saturated carbocycles. The molecule has 0 amide bonds. The summed E-state index contributed by atoms with van der Waals surface area (Å²) in [5, 5.41) is 0.834. The highest BCUT2D eigenvalue weighted by molar-refractivity contribution is 9.10. The summed E-state index contributed by atoms with van der Waals surface area (Å²) in [6.07, 6.45) is 3.28. The smallest absolute Gasteiger partial charge is 0.230 e. The molecule has 3 rings (SSSR count). The minimum absolute atomic E-state index is 0.504. The zero-order valence-corrected chi connectivity index (χ0v) is 13.3. The molecule has 1 aromatic carbocycles. The van der Waals surface area contributed by atoms with Gasteiger partial charge in [0.15, 0.2) is 11.5 Å². The van der Waals surface area contributed by atoms with E-state index >= 15 is 0 Å². The predicted molar refractivity (Wildman–Crippen MR) is 84.1 cm³/mol. The van der Waals surface area contributed by atoms with Crippen LogP contribution >= 0.6 is 15.9 Å². The van der Waals surface area contributed by atoms with Crippen LogP contribution in [0.1, 0.15) is 12.5 Å². The van der Waals surface area contributed by atoms with Gasteiger partial charge in [0.1, 0.15) is 5.58 Å². The van der Waals surface area contributed by atoms with Gasteiger partial charge in [0.2, 0.25) is 5.88 Å². The molecule has 3 aromatic rings. The summed E-state index contributed by atoms with van der Waals surface area (Å²) in [5.41, 5.74) is 1.74. The average Bonchev–Trinajstić information content (AvgIpc) is 2.96. The molecular weight excluding hydrogens is 334 g/mol. The van der Waals surface area contributed by atoms with Crippen molar-refractivity contribution < 1.29 is 13.9 Å². The van der Waals surface area contributed by atoms with E-state index < -0.39 is 0 Å². The molecule has 2 heterocycles. The lowest BCUT2D eigenvalue weighted by Gasteiger charge is -2.14. The Hall–Kier alpha value is -2.01. The van der Waals surface area contributed by atoms with Crippen molar-refractivity contribution in [2.75, 3.05) is 6.61 Å². The van der Waals surface area contributed by atoms with Crippen molar-refractivity contribution >= 4 is 26.9 Å². The van der Waals surface area contributed by atoms with Gasteiger partial charge in [0.05, 0.1) is 18.3 Å². The fraction of sp³-hybridized carbons (Fsp3) is 0.188. The van der Waals surface area contributed by atoms with Crippen LogP contribution in [0.2, 0.25) is 0 Å². The van der Waals surface area contributed by atoms with Crippen molar-refractivity contribution in [2.45, 2.75) is 13.8 Å². The van der Waals surface area contributed by atoms with Gasteiger partial charge in [-0.2, -0.15) is 0 Å². The first-order chi connectivity index (χ1) is 10.2. The minimum atomic E-state index is 0.504. The Morgan fingerprint density at radius 2 is 2.10 bits per heavy atom. The van der Waals surface area contributed by atoms with Crippen LogP contribution in [0.25, 0.3) is 11.0 Å². The maximum Gasteiger partial charge on any atom is 0.230 e. The van der Waals surface area contributed by atoms with Crippen LogP contribution in [-0.4, -0.2) is 11.6 Å². The molecule has 0 unspecified atom stereocenters. The summed E-state index contributed by atoms with van der Waals surface area (Å²) in [6.45, 7) is 4.49. The summed E-state index contributed by atoms with van der Waals surface area (Å²) in [6, 6.07) is 7.44. The Kier molecular flexibility index (Phi) is 3.84. The molecule has 0 N–H and O–H groups in total. The Balaban J connectivity index is 2.05. The predicted octanol–water partition coefficient (Wildman–Crippen LogP) is 5.09. The van der Waals surface area contributed by atoms with Crippen molar-refractivity contribution in [3.8, 4) is 17.4 Å². The maximum absolute atomic E-state index is 5.95. The Bertz CT molecular complexity index is 782. The molecule has 0 spiro atoms. The molecule has 21 heavy (non-hydrogen) atoms. The van der Waals surface area contributed by atoms with E-state index in [9.17, 15) is 0 Å². The number of furan rings is 1. The fourth-order valence-electron chi connectivity index (χ4n) is 2.10. The number of rotatable bonds is 4. The number of benzene rings is 1. The zero-order chi connectivity index (χ0) is 14.8. The number of halogens is 1. The van der Waals surface area contributed by atoms with Gasteiger partial charge in [-0.1, -0.05) is 15.9 Å². The van der Waals surface area contributed by atoms with Crippen LogP contribution in [0.15, 0.2) is 45.6 Å². The third-order valence-electron chi connectivity index (χ3n) is 3.14. The number of ether oxygens (including phenoxy) is 2. The van der Waals surface area contributed by atoms with E-state index in [0.717, 1.165) is 21.0 Å². The summed E-state index contributed by atoms with van der Waals surface area (Å²) in [4.78, 5) is 4.28. The Morgan fingerprint density at radius 3 is 2.90 bits per heavy atom. The Labute approximate surface area is 130 Å². The van der Waals surface area contributed by atoms with Gasteiger partial charge in [-0.3, -0.25) is 0 Å². The molecule has 0 aliphatic rings. The zero-order valence-electron chi connectivity index (χ0n) is 11.7. The molecule has 0 bridgehead atoms. The van der Waals surface area contributed by atoms with E-state index in [-0.39, 0.29) is 0 Å². The highest BCUT2D eigenvalue weighted by Gasteiger charge is 2.14. The third kappa shape index (κ3) is 2.61. The third-order valence-corrected chi connectivity index (χ3v) is 4.00. The van der Waals surface area contributed by atoms with Crippen LogP contribution in [0.4, 0.5) is 0 Å². The maximum atomic E-state index is 5.95. The second kappa shape index (κ2) is 5.77. The monoisotopic (exact) mass is 347 g/mol. The first-order valence-electron chi connectivity index (χ1n) is 6.62. The van der Waals surface area contributed by atoms with E-state index in [4.69, 9.17) is 13.9 Å². The summed E-state index contributed by atoms with van der Waals surface area (Å²) in [7, 11) is 0. The Morgan fingerprint density at radius 1 is 1.24 bits per heavy atom. The molecule has 0 aliphatic heterocycles. The van der Waals surface area contributed by atoms with E-state index in [2.05, 4.69) is 20.9 Å². The van der Waals surface area contributed by atoms with Crippen molar-refractivity contribution in [1.29, 1.82) is 0 Å². The fourth-order valence-corrected chi connectivity index (χ4v) is 2.41. The molecule has 0 aliphatic carbocycles. The molecule has 0 saturated heterocycles. The molecular formula is C16H14BrNO3. The highest BCUT2D eigenvalue weighted by Crippen LogP contribution is 2.39. The molecule has 4 nitrogen and oxygen atoms in total. The van der Waals surface area contributed by atoms with Gasteiger partial charge >= 0.3 is 0 Å². The lowest BCUT2D eigenvalue weighted by molar-refractivity contribution is 0.317. The number of hydrogen-bond acceptors (Lipinski definition) is 4. The van der Waals surface area contributed by atoms with Gasteiger partial charge in [0, 0.05) is 16.2 Å². The largest absolute Gasteiger partial charge is 0.490 e. The summed E-state index contributed by atoms with van der Waals surface area (Å²) in [5.74, 6) is 1.86. The molecule has 0 atom stereocenters. The molecule has 2 aromatic heterocycles. The van der Waals surface area contributed by atoms with Gasteiger partial charge in [-0.25, -0.2) is 4.98 Å². The molecule has 0 radical (unpaired) electrons. The van der Waals surface area contributed by atoms with Crippen LogP contribution in [0, 0.1) is 6.92 Å². The normalized spacial score (nSPS) is 10.8. The van der Waals surface area contributed by atoms with Crippen LogP contribution in [-0.2, 0) is 0 Å².